The Bertz CT molecular complexity index is 632. The molecule has 0 amide bonds. The van der Waals surface area contributed by atoms with Gasteiger partial charge in [-0.2, -0.15) is 0 Å². The first-order valence-corrected chi connectivity index (χ1v) is 6.06. The Balaban J connectivity index is 1.81. The first-order valence-electron chi connectivity index (χ1n) is 5.08. The Kier molecular flexibility index (Phi) is 2.49. The highest BCUT2D eigenvalue weighted by atomic mass is 32.2. The van der Waals surface area contributed by atoms with Crippen molar-refractivity contribution in [2.24, 2.45) is 0 Å². The van der Waals surface area contributed by atoms with Crippen LogP contribution in [0, 0.1) is 0 Å². The summed E-state index contributed by atoms with van der Waals surface area (Å²) in [4.78, 5) is 11.7. The molecule has 0 aliphatic carbocycles. The van der Waals surface area contributed by atoms with Crippen LogP contribution in [0.25, 0.3) is 11.0 Å². The average molecular weight is 246 g/mol. The van der Waals surface area contributed by atoms with E-state index in [-0.39, 0.29) is 0 Å². The quantitative estimate of drug-likeness (QED) is 0.548. The molecule has 0 atom stereocenters. The molecular weight excluding hydrogens is 236 g/mol. The minimum atomic E-state index is 0.643. The third-order valence-electron chi connectivity index (χ3n) is 2.30. The average Bonchev–Trinajstić information content (AvgIpc) is 2.94. The zero-order valence-corrected chi connectivity index (χ0v) is 9.70. The number of benzene rings is 1. The summed E-state index contributed by atoms with van der Waals surface area (Å²) >= 11 is 1.50. The Morgan fingerprint density at radius 1 is 1.41 bits per heavy atom. The first-order chi connectivity index (χ1) is 8.31. The number of nitrogen functional groups attached to an aromatic ring is 1. The summed E-state index contributed by atoms with van der Waals surface area (Å²) < 4.78 is 5.14. The molecule has 0 bridgehead atoms. The van der Waals surface area contributed by atoms with Crippen LogP contribution in [0.15, 0.2) is 40.3 Å². The van der Waals surface area contributed by atoms with E-state index in [0.29, 0.717) is 11.0 Å². The van der Waals surface area contributed by atoms with Crippen molar-refractivity contribution in [3.05, 3.63) is 36.5 Å². The molecule has 0 aliphatic rings. The number of fused-ring (bicyclic) bond motifs is 1. The molecule has 0 spiro atoms. The lowest BCUT2D eigenvalue weighted by molar-refractivity contribution is 0.454. The number of rotatable bonds is 3. The van der Waals surface area contributed by atoms with E-state index < -0.39 is 0 Å². The van der Waals surface area contributed by atoms with Gasteiger partial charge in [0.25, 0.3) is 5.22 Å². The largest absolute Gasteiger partial charge is 0.440 e. The fourth-order valence-corrected chi connectivity index (χ4v) is 2.22. The van der Waals surface area contributed by atoms with E-state index in [4.69, 9.17) is 10.2 Å². The van der Waals surface area contributed by atoms with Crippen LogP contribution in [-0.4, -0.2) is 15.0 Å². The number of nitrogens with zero attached hydrogens (tertiary/aromatic N) is 2. The minimum absolute atomic E-state index is 0.643. The van der Waals surface area contributed by atoms with Crippen molar-refractivity contribution in [1.29, 1.82) is 0 Å². The highest BCUT2D eigenvalue weighted by Gasteiger charge is 2.05. The summed E-state index contributed by atoms with van der Waals surface area (Å²) in [6.07, 6.45) is 3.18. The predicted molar refractivity (Wildman–Crippen MR) is 66.6 cm³/mol. The molecule has 3 N–H and O–H groups in total. The molecule has 2 heterocycles. The van der Waals surface area contributed by atoms with Gasteiger partial charge in [0.1, 0.15) is 12.1 Å². The minimum Gasteiger partial charge on any atom is -0.440 e. The number of hydrogen-bond acceptors (Lipinski definition) is 5. The molecule has 3 aromatic rings. The number of nitrogens with two attached hydrogens (primary N) is 1. The van der Waals surface area contributed by atoms with Crippen LogP contribution >= 0.6 is 11.8 Å². The van der Waals surface area contributed by atoms with Gasteiger partial charge in [-0.3, -0.25) is 0 Å². The molecule has 0 saturated carbocycles. The molecule has 17 heavy (non-hydrogen) atoms. The fourth-order valence-electron chi connectivity index (χ4n) is 1.56. The lowest BCUT2D eigenvalue weighted by atomic mass is 10.3. The van der Waals surface area contributed by atoms with Gasteiger partial charge in [0.2, 0.25) is 0 Å². The number of aromatic nitrogens is 3. The molecule has 0 aliphatic heterocycles. The molecule has 6 heteroatoms. The van der Waals surface area contributed by atoms with E-state index in [1.54, 1.807) is 12.5 Å². The Morgan fingerprint density at radius 2 is 2.35 bits per heavy atom. The van der Waals surface area contributed by atoms with Crippen molar-refractivity contribution in [2.45, 2.75) is 11.0 Å². The van der Waals surface area contributed by atoms with Crippen LogP contribution in [-0.2, 0) is 5.75 Å². The molecule has 2 aromatic heterocycles. The molecule has 3 rings (SSSR count). The molecule has 0 fully saturated rings. The van der Waals surface area contributed by atoms with Crippen molar-refractivity contribution in [2.75, 3.05) is 5.73 Å². The van der Waals surface area contributed by atoms with E-state index in [9.17, 15) is 0 Å². The molecule has 0 unspecified atom stereocenters. The van der Waals surface area contributed by atoms with Gasteiger partial charge in [0, 0.05) is 5.69 Å². The first kappa shape index (κ1) is 10.2. The fraction of sp³-hybridized carbons (Fsp3) is 0.0909. The maximum Gasteiger partial charge on any atom is 0.255 e. The molecule has 86 valence electrons. The predicted octanol–water partition coefficient (Wildman–Crippen LogP) is 2.43. The second-order valence-electron chi connectivity index (χ2n) is 3.55. The van der Waals surface area contributed by atoms with Crippen LogP contribution in [0.2, 0.25) is 0 Å². The van der Waals surface area contributed by atoms with Gasteiger partial charge in [-0.1, -0.05) is 11.8 Å². The van der Waals surface area contributed by atoms with E-state index in [0.717, 1.165) is 22.5 Å². The number of aromatic amines is 1. The van der Waals surface area contributed by atoms with Crippen LogP contribution in [0.5, 0.6) is 0 Å². The highest BCUT2D eigenvalue weighted by Crippen LogP contribution is 2.21. The number of hydrogen-bond donors (Lipinski definition) is 2. The lowest BCUT2D eigenvalue weighted by Gasteiger charge is -1.91. The van der Waals surface area contributed by atoms with E-state index in [1.807, 2.05) is 18.2 Å². The zero-order chi connectivity index (χ0) is 11.7. The summed E-state index contributed by atoms with van der Waals surface area (Å²) in [5.41, 5.74) is 8.31. The van der Waals surface area contributed by atoms with Crippen molar-refractivity contribution >= 4 is 28.5 Å². The SMILES string of the molecule is Nc1ccc2nc(CSc3ncco3)[nH]c2c1. The van der Waals surface area contributed by atoms with Gasteiger partial charge in [-0.05, 0) is 18.2 Å². The Morgan fingerprint density at radius 3 is 3.18 bits per heavy atom. The molecule has 1 aromatic carbocycles. The van der Waals surface area contributed by atoms with Crippen LogP contribution in [0.1, 0.15) is 5.82 Å². The maximum absolute atomic E-state index is 5.71. The third kappa shape index (κ3) is 2.12. The zero-order valence-electron chi connectivity index (χ0n) is 8.88. The second kappa shape index (κ2) is 4.14. The number of oxazole rings is 1. The summed E-state index contributed by atoms with van der Waals surface area (Å²) in [5.74, 6) is 1.57. The second-order valence-corrected chi connectivity index (χ2v) is 4.47. The summed E-state index contributed by atoms with van der Waals surface area (Å²) in [6, 6.07) is 5.62. The van der Waals surface area contributed by atoms with Crippen molar-refractivity contribution in [3.8, 4) is 0 Å². The lowest BCUT2D eigenvalue weighted by Crippen LogP contribution is -1.83. The van der Waals surface area contributed by atoms with Crippen molar-refractivity contribution < 1.29 is 4.42 Å². The van der Waals surface area contributed by atoms with Crippen LogP contribution in [0.4, 0.5) is 5.69 Å². The standard InChI is InChI=1S/C11H10N4OS/c12-7-1-2-8-9(5-7)15-10(14-8)6-17-11-13-3-4-16-11/h1-5H,6,12H2,(H,14,15). The third-order valence-corrected chi connectivity index (χ3v) is 3.16. The number of anilines is 1. The highest BCUT2D eigenvalue weighted by molar-refractivity contribution is 7.98. The van der Waals surface area contributed by atoms with Gasteiger partial charge < -0.3 is 15.1 Å². The van der Waals surface area contributed by atoms with Gasteiger partial charge in [0.15, 0.2) is 0 Å². The van der Waals surface area contributed by atoms with E-state index >= 15 is 0 Å². The van der Waals surface area contributed by atoms with Gasteiger partial charge >= 0.3 is 0 Å². The molecule has 5 nitrogen and oxygen atoms in total. The van der Waals surface area contributed by atoms with Gasteiger partial charge in [0.05, 0.1) is 23.0 Å². The summed E-state index contributed by atoms with van der Waals surface area (Å²) in [5, 5.41) is 0.643. The monoisotopic (exact) mass is 246 g/mol. The number of imidazole rings is 1. The Hall–Kier alpha value is -1.95. The Labute approximate surface area is 101 Å². The van der Waals surface area contributed by atoms with Crippen LogP contribution < -0.4 is 5.73 Å². The normalized spacial score (nSPS) is 11.1. The maximum atomic E-state index is 5.71. The topological polar surface area (TPSA) is 80.7 Å². The van der Waals surface area contributed by atoms with Crippen molar-refractivity contribution in [1.82, 2.24) is 15.0 Å². The van der Waals surface area contributed by atoms with E-state index in [1.165, 1.54) is 11.8 Å². The number of nitrogens with one attached hydrogen (secondary N) is 1. The smallest absolute Gasteiger partial charge is 0.255 e. The van der Waals surface area contributed by atoms with Gasteiger partial charge in [-0.15, -0.1) is 0 Å². The molecular formula is C11H10N4OS. The van der Waals surface area contributed by atoms with Gasteiger partial charge in [-0.25, -0.2) is 9.97 Å². The number of thioether (sulfide) groups is 1. The summed E-state index contributed by atoms with van der Waals surface area (Å²) in [6.45, 7) is 0. The number of H-pyrrole nitrogens is 1. The molecule has 0 radical (unpaired) electrons. The summed E-state index contributed by atoms with van der Waals surface area (Å²) in [7, 11) is 0. The van der Waals surface area contributed by atoms with E-state index in [2.05, 4.69) is 15.0 Å². The van der Waals surface area contributed by atoms with Crippen LogP contribution in [0.3, 0.4) is 0 Å². The van der Waals surface area contributed by atoms with Crippen molar-refractivity contribution in [3.63, 3.8) is 0 Å². The molecule has 0 saturated heterocycles.